The van der Waals surface area contributed by atoms with E-state index >= 15 is 0 Å². The number of anilines is 2. The largest absolute Gasteiger partial charge is 0.381 e. The molecule has 0 radical (unpaired) electrons. The van der Waals surface area contributed by atoms with Crippen molar-refractivity contribution in [3.8, 4) is 11.3 Å². The third kappa shape index (κ3) is 5.19. The zero-order chi connectivity index (χ0) is 22.5. The van der Waals surface area contributed by atoms with Crippen LogP contribution in [0.3, 0.4) is 0 Å². The van der Waals surface area contributed by atoms with Gasteiger partial charge in [0.1, 0.15) is 0 Å². The molecule has 0 fully saturated rings. The van der Waals surface area contributed by atoms with Gasteiger partial charge in [0.2, 0.25) is 0 Å². The maximum Gasteiger partial charge on any atom is 0.186 e. The smallest absolute Gasteiger partial charge is 0.186 e. The lowest BCUT2D eigenvalue weighted by Crippen LogP contribution is -2.32. The molecule has 4 N–H and O–H groups in total. The Kier molecular flexibility index (Phi) is 6.90. The van der Waals surface area contributed by atoms with Crippen LogP contribution in [0.25, 0.3) is 22.2 Å². The van der Waals surface area contributed by atoms with E-state index in [2.05, 4.69) is 34.8 Å². The minimum absolute atomic E-state index is 0.295. The van der Waals surface area contributed by atoms with E-state index in [0.717, 1.165) is 40.5 Å². The summed E-state index contributed by atoms with van der Waals surface area (Å²) in [5.41, 5.74) is 11.0. The highest BCUT2D eigenvalue weighted by Gasteiger charge is 2.13. The number of hydrogen-bond donors (Lipinski definition) is 2. The molecule has 4 aromatic rings. The summed E-state index contributed by atoms with van der Waals surface area (Å²) in [6, 6.07) is 18.3. The number of hydrogen-bond acceptors (Lipinski definition) is 7. The topological polar surface area (TPSA) is 103 Å². The van der Waals surface area contributed by atoms with Crippen LogP contribution in [0.15, 0.2) is 67.0 Å². The van der Waals surface area contributed by atoms with E-state index in [1.807, 2.05) is 43.3 Å². The molecule has 164 valence electrons. The SMILES string of the molecule is CCOP(C)Cc1ccc(-c2cnc(N)c(N(N)Cc3ccc4ncccc4c3)n2)cc1. The Balaban J connectivity index is 1.52. The van der Waals surface area contributed by atoms with E-state index in [1.54, 1.807) is 12.4 Å². The number of pyridine rings is 1. The molecule has 2 heterocycles. The Morgan fingerprint density at radius 3 is 2.59 bits per heavy atom. The molecular formula is C24H27N6OP. The van der Waals surface area contributed by atoms with E-state index in [-0.39, 0.29) is 0 Å². The Hall–Kier alpha value is -3.12. The van der Waals surface area contributed by atoms with Crippen LogP contribution in [0.1, 0.15) is 18.1 Å². The van der Waals surface area contributed by atoms with Gasteiger partial charge in [0, 0.05) is 38.1 Å². The van der Waals surface area contributed by atoms with Gasteiger partial charge < -0.3 is 10.3 Å². The molecule has 2 aromatic heterocycles. The molecule has 0 amide bonds. The Labute approximate surface area is 189 Å². The first kappa shape index (κ1) is 22.1. The van der Waals surface area contributed by atoms with Crippen molar-refractivity contribution in [3.63, 3.8) is 0 Å². The van der Waals surface area contributed by atoms with Gasteiger partial charge >= 0.3 is 0 Å². The van der Waals surface area contributed by atoms with Gasteiger partial charge in [0.05, 0.1) is 24.0 Å². The quantitative estimate of drug-likeness (QED) is 0.229. The molecular weight excluding hydrogens is 419 g/mol. The zero-order valence-corrected chi connectivity index (χ0v) is 19.2. The summed E-state index contributed by atoms with van der Waals surface area (Å²) >= 11 is 0. The average molecular weight is 446 g/mol. The molecule has 0 saturated heterocycles. The van der Waals surface area contributed by atoms with Crippen LogP contribution in [0.2, 0.25) is 0 Å². The Morgan fingerprint density at radius 1 is 1.03 bits per heavy atom. The normalized spacial score (nSPS) is 12.1. The predicted octanol–water partition coefficient (Wildman–Crippen LogP) is 4.72. The maximum atomic E-state index is 6.35. The van der Waals surface area contributed by atoms with Gasteiger partial charge in [-0.2, -0.15) is 0 Å². The summed E-state index contributed by atoms with van der Waals surface area (Å²) in [5.74, 6) is 7.10. The second-order valence-electron chi connectivity index (χ2n) is 7.52. The van der Waals surface area contributed by atoms with Crippen molar-refractivity contribution in [1.82, 2.24) is 15.0 Å². The molecule has 0 aliphatic rings. The number of nitrogens with zero attached hydrogens (tertiary/aromatic N) is 4. The van der Waals surface area contributed by atoms with E-state index in [1.165, 1.54) is 10.6 Å². The van der Waals surface area contributed by atoms with Crippen molar-refractivity contribution in [1.29, 1.82) is 0 Å². The molecule has 4 rings (SSSR count). The third-order valence-corrected chi connectivity index (χ3v) is 6.59. The van der Waals surface area contributed by atoms with Crippen molar-refractivity contribution in [2.75, 3.05) is 24.0 Å². The van der Waals surface area contributed by atoms with Gasteiger partial charge in [-0.1, -0.05) is 36.4 Å². The van der Waals surface area contributed by atoms with Gasteiger partial charge in [0.25, 0.3) is 0 Å². The number of fused-ring (bicyclic) bond motifs is 1. The average Bonchev–Trinajstić information content (AvgIpc) is 2.80. The standard InChI is InChI=1S/C24H27N6OP/c1-3-31-32(2)16-17-6-9-19(10-7-17)22-14-28-23(25)24(29-22)30(26)15-18-8-11-21-20(13-18)5-4-12-27-21/h4-14H,3,15-16,26H2,1-2H3,(H2,25,28). The fourth-order valence-corrected chi connectivity index (χ4v) is 4.80. The molecule has 0 aliphatic heterocycles. The van der Waals surface area contributed by atoms with Crippen LogP contribution in [-0.4, -0.2) is 28.2 Å². The summed E-state index contributed by atoms with van der Waals surface area (Å²) < 4.78 is 5.69. The van der Waals surface area contributed by atoms with Crippen LogP contribution in [-0.2, 0) is 17.2 Å². The van der Waals surface area contributed by atoms with Crippen LogP contribution < -0.4 is 16.6 Å². The monoisotopic (exact) mass is 446 g/mol. The van der Waals surface area contributed by atoms with E-state index < -0.39 is 8.15 Å². The van der Waals surface area contributed by atoms with Crippen molar-refractivity contribution in [3.05, 3.63) is 78.1 Å². The van der Waals surface area contributed by atoms with Gasteiger partial charge in [0.15, 0.2) is 11.6 Å². The Morgan fingerprint density at radius 2 is 1.81 bits per heavy atom. The van der Waals surface area contributed by atoms with Crippen LogP contribution in [0, 0.1) is 0 Å². The van der Waals surface area contributed by atoms with Gasteiger partial charge in [-0.05, 0) is 42.9 Å². The minimum Gasteiger partial charge on any atom is -0.381 e. The second-order valence-corrected chi connectivity index (χ2v) is 9.35. The fourth-order valence-electron chi connectivity index (χ4n) is 3.54. The van der Waals surface area contributed by atoms with Crippen LogP contribution in [0.5, 0.6) is 0 Å². The molecule has 0 aliphatic carbocycles. The second kappa shape index (κ2) is 10.0. The molecule has 1 atom stereocenters. The number of rotatable bonds is 8. The summed E-state index contributed by atoms with van der Waals surface area (Å²) in [4.78, 5) is 13.4. The van der Waals surface area contributed by atoms with E-state index in [9.17, 15) is 0 Å². The van der Waals surface area contributed by atoms with Crippen molar-refractivity contribution < 1.29 is 4.52 Å². The number of nitrogens with two attached hydrogens (primary N) is 2. The summed E-state index contributed by atoms with van der Waals surface area (Å²) in [5, 5.41) is 2.59. The maximum absolute atomic E-state index is 6.35. The van der Waals surface area contributed by atoms with Gasteiger partial charge in [-0.3, -0.25) is 9.99 Å². The first-order valence-corrected chi connectivity index (χ1v) is 12.3. The summed E-state index contributed by atoms with van der Waals surface area (Å²) in [6.07, 6.45) is 4.39. The lowest BCUT2D eigenvalue weighted by molar-refractivity contribution is 0.380. The molecule has 0 bridgehead atoms. The summed E-state index contributed by atoms with van der Waals surface area (Å²) in [6.45, 7) is 5.36. The molecule has 7 nitrogen and oxygen atoms in total. The molecule has 0 saturated carbocycles. The lowest BCUT2D eigenvalue weighted by Gasteiger charge is -2.20. The minimum atomic E-state index is -0.446. The highest BCUT2D eigenvalue weighted by atomic mass is 31.1. The molecule has 1 unspecified atom stereocenters. The highest BCUT2D eigenvalue weighted by Crippen LogP contribution is 2.36. The first-order chi connectivity index (χ1) is 15.5. The molecule has 32 heavy (non-hydrogen) atoms. The number of aromatic nitrogens is 3. The fraction of sp³-hybridized carbons (Fsp3) is 0.208. The van der Waals surface area contributed by atoms with E-state index in [0.29, 0.717) is 18.2 Å². The van der Waals surface area contributed by atoms with E-state index in [4.69, 9.17) is 21.1 Å². The van der Waals surface area contributed by atoms with Crippen LogP contribution in [0.4, 0.5) is 11.6 Å². The van der Waals surface area contributed by atoms with Crippen molar-refractivity contribution in [2.24, 2.45) is 5.84 Å². The number of nitrogen functional groups attached to an aromatic ring is 1. The number of hydrazine groups is 1. The number of benzene rings is 2. The van der Waals surface area contributed by atoms with Crippen molar-refractivity contribution >= 4 is 30.7 Å². The first-order valence-electron chi connectivity index (χ1n) is 10.4. The highest BCUT2D eigenvalue weighted by molar-refractivity contribution is 7.50. The molecule has 0 spiro atoms. The lowest BCUT2D eigenvalue weighted by atomic mass is 10.1. The zero-order valence-electron chi connectivity index (χ0n) is 18.3. The van der Waals surface area contributed by atoms with Crippen molar-refractivity contribution in [2.45, 2.75) is 19.6 Å². The Bertz CT molecular complexity index is 1200. The van der Waals surface area contributed by atoms with Crippen LogP contribution >= 0.6 is 8.15 Å². The van der Waals surface area contributed by atoms with Gasteiger partial charge in [-0.25, -0.2) is 15.8 Å². The molecule has 2 aromatic carbocycles. The third-order valence-electron chi connectivity index (χ3n) is 5.08. The predicted molar refractivity (Wildman–Crippen MR) is 132 cm³/mol. The molecule has 8 heteroatoms. The summed E-state index contributed by atoms with van der Waals surface area (Å²) in [7, 11) is -0.446. The van der Waals surface area contributed by atoms with Gasteiger partial charge in [-0.15, -0.1) is 0 Å².